The van der Waals surface area contributed by atoms with Gasteiger partial charge in [0.25, 0.3) is 16.2 Å². The lowest BCUT2D eigenvalue weighted by atomic mass is 10.1. The predicted octanol–water partition coefficient (Wildman–Crippen LogP) is -2.16. The molecule has 2 heterocycles. The van der Waals surface area contributed by atoms with E-state index in [-0.39, 0.29) is 40.3 Å². The molecule has 2 aromatic carbocycles. The molecule has 27 heteroatoms. The summed E-state index contributed by atoms with van der Waals surface area (Å²) >= 11 is 25.7. The summed E-state index contributed by atoms with van der Waals surface area (Å²) in [6.45, 7) is 0.367. The van der Waals surface area contributed by atoms with Gasteiger partial charge in [0.15, 0.2) is 5.96 Å². The van der Waals surface area contributed by atoms with E-state index in [1.165, 1.54) is 63.7 Å². The maximum atomic E-state index is 13.8. The van der Waals surface area contributed by atoms with Crippen molar-refractivity contribution in [3.63, 3.8) is 0 Å². The fourth-order valence-corrected chi connectivity index (χ4v) is 8.99. The highest BCUT2D eigenvalue weighted by molar-refractivity contribution is 8.13. The number of carboxylic acids is 2. The molecular formula is C34H41Cl4N9O9S5. The number of nitrogens with one attached hydrogen (secondary N) is 1. The van der Waals surface area contributed by atoms with Gasteiger partial charge < -0.3 is 46.1 Å². The molecule has 1 saturated heterocycles. The summed E-state index contributed by atoms with van der Waals surface area (Å²) < 4.78 is 11.0. The maximum absolute atomic E-state index is 13.8. The van der Waals surface area contributed by atoms with Crippen LogP contribution in [0.3, 0.4) is 0 Å². The van der Waals surface area contributed by atoms with E-state index in [0.29, 0.717) is 40.2 Å². The normalized spacial score (nSPS) is 15.2. The minimum Gasteiger partial charge on any atom is -0.547 e. The van der Waals surface area contributed by atoms with E-state index in [0.717, 1.165) is 21.6 Å². The second-order valence-corrected chi connectivity index (χ2v) is 19.3. The Bertz CT molecular complexity index is 1950. The molecular weight excluding hydrogens is 981 g/mol. The van der Waals surface area contributed by atoms with Crippen LogP contribution in [0.2, 0.25) is 0 Å². The SMILES string of the molecule is COc1ccc(COC(=O)C2=C(Sc3ccc(CSC(N)=[NH2+])cc3CSC(N)=[NH2+])CS[C@@H]3[C@H](NC(=O)CSCCN=C(N)N)C(=O)N23)cc1.O=C([O-])C(Cl)Cl.O=C([O-])C(Cl)Cl. The first-order chi connectivity index (χ1) is 28.7. The zero-order valence-electron chi connectivity index (χ0n) is 31.9. The molecule has 0 unspecified atom stereocenters. The lowest BCUT2D eigenvalue weighted by molar-refractivity contribution is -0.304. The van der Waals surface area contributed by atoms with Crippen molar-refractivity contribution >= 4 is 151 Å². The van der Waals surface area contributed by atoms with Crippen LogP contribution in [0, 0.1) is 0 Å². The number of nitrogens with zero attached hydrogens (tertiary/aromatic N) is 2. The van der Waals surface area contributed by atoms with Gasteiger partial charge in [-0.1, -0.05) is 82.4 Å². The third-order valence-corrected chi connectivity index (χ3v) is 13.2. The van der Waals surface area contributed by atoms with E-state index in [1.807, 2.05) is 18.2 Å². The van der Waals surface area contributed by atoms with Gasteiger partial charge in [0.2, 0.25) is 5.91 Å². The smallest absolute Gasteiger partial charge is 0.356 e. The Labute approximate surface area is 391 Å². The van der Waals surface area contributed by atoms with Crippen molar-refractivity contribution < 1.29 is 54.5 Å². The van der Waals surface area contributed by atoms with Gasteiger partial charge in [0, 0.05) is 32.8 Å². The number of esters is 1. The molecule has 334 valence electrons. The van der Waals surface area contributed by atoms with Crippen molar-refractivity contribution in [2.24, 2.45) is 27.9 Å². The number of aliphatic carboxylic acids is 2. The second-order valence-electron chi connectivity index (χ2n) is 11.7. The molecule has 0 saturated carbocycles. The predicted molar refractivity (Wildman–Crippen MR) is 241 cm³/mol. The highest BCUT2D eigenvalue weighted by Crippen LogP contribution is 2.46. The number of thioether (sulfide) groups is 5. The number of nitrogens with two attached hydrogens (primary N) is 6. The fourth-order valence-electron chi connectivity index (χ4n) is 4.61. The van der Waals surface area contributed by atoms with Crippen LogP contribution in [0.15, 0.2) is 63.0 Å². The topological polar surface area (TPSA) is 333 Å². The van der Waals surface area contributed by atoms with Gasteiger partial charge in [-0.15, -0.1) is 11.8 Å². The lowest BCUT2D eigenvalue weighted by Crippen LogP contribution is -2.70. The molecule has 4 rings (SSSR count). The number of aliphatic imine (C=N–C) groups is 1. The summed E-state index contributed by atoms with van der Waals surface area (Å²) in [5.41, 5.74) is 24.9. The molecule has 2 aliphatic heterocycles. The van der Waals surface area contributed by atoms with E-state index in [2.05, 4.69) is 10.3 Å². The molecule has 0 bridgehead atoms. The molecule has 0 radical (unpaired) electrons. The molecule has 0 aromatic heterocycles. The zero-order chi connectivity index (χ0) is 45.8. The van der Waals surface area contributed by atoms with Crippen LogP contribution in [0.25, 0.3) is 0 Å². The maximum Gasteiger partial charge on any atom is 0.356 e. The number of rotatable bonds is 18. The Morgan fingerprint density at radius 2 is 1.52 bits per heavy atom. The fraction of sp³-hybridized carbons (Fsp3) is 0.353. The summed E-state index contributed by atoms with van der Waals surface area (Å²) in [7, 11) is 1.57. The molecule has 2 amide bonds. The van der Waals surface area contributed by atoms with E-state index in [4.69, 9.17) is 89.6 Å². The summed E-state index contributed by atoms with van der Waals surface area (Å²) in [5.74, 6) is -1.48. The molecule has 61 heavy (non-hydrogen) atoms. The number of carboxylic acid groups (broad SMARTS) is 2. The summed E-state index contributed by atoms with van der Waals surface area (Å²) in [6.07, 6.45) is 0. The zero-order valence-corrected chi connectivity index (χ0v) is 39.0. The summed E-state index contributed by atoms with van der Waals surface area (Å²) in [5, 5.41) is 32.9. The molecule has 0 aliphatic carbocycles. The number of guanidine groups is 1. The van der Waals surface area contributed by atoms with Gasteiger partial charge in [-0.2, -0.15) is 11.8 Å². The van der Waals surface area contributed by atoms with Crippen LogP contribution < -0.4 is 54.0 Å². The van der Waals surface area contributed by atoms with Gasteiger partial charge in [-0.3, -0.25) is 41.8 Å². The number of carbonyl (C=O) groups is 5. The Morgan fingerprint density at radius 1 is 0.951 bits per heavy atom. The number of alkyl halides is 4. The second kappa shape index (κ2) is 27.5. The Kier molecular flexibility index (Phi) is 24.2. The van der Waals surface area contributed by atoms with E-state index >= 15 is 0 Å². The van der Waals surface area contributed by atoms with Crippen LogP contribution >= 0.6 is 105 Å². The standard InChI is InChI=1S/C30H37N9O5S5.2C2H2Cl2O2/c1-43-19-5-2-16(3-6-19)11-44-27(42)24-21(49-20-7-4-17(12-47-29(33)34)10-18(20)13-48-30(35)36)14-46-26-23(25(41)39(24)26)38-22(40)15-45-9-8-37-28(31)32;2*3-1(4)2(5)6/h2-7,10,23,26H,8-9,11-15H2,1H3,(H3,33,34)(H3,35,36)(H,38,40)(H4,31,32,37);2*1H,(H,5,6)/t23-,26-;;/m1../s1. The van der Waals surface area contributed by atoms with Crippen molar-refractivity contribution in [2.45, 2.75) is 44.1 Å². The quantitative estimate of drug-likeness (QED) is 0.0209. The first kappa shape index (κ1) is 53.6. The lowest BCUT2D eigenvalue weighted by Gasteiger charge is -2.49. The number of methoxy groups -OCH3 is 1. The van der Waals surface area contributed by atoms with Gasteiger partial charge in [-0.25, -0.2) is 4.79 Å². The van der Waals surface area contributed by atoms with Crippen molar-refractivity contribution in [3.05, 3.63) is 69.8 Å². The van der Waals surface area contributed by atoms with Crippen LogP contribution in [-0.4, -0.2) is 103 Å². The number of carbonyl (C=O) groups excluding carboxylic acids is 5. The average molecular weight is 1020 g/mol. The third kappa shape index (κ3) is 19.2. The van der Waals surface area contributed by atoms with E-state index < -0.39 is 44.9 Å². The van der Waals surface area contributed by atoms with Crippen LogP contribution in [0.4, 0.5) is 0 Å². The number of ether oxygens (including phenoxy) is 2. The van der Waals surface area contributed by atoms with E-state index in [1.54, 1.807) is 31.4 Å². The van der Waals surface area contributed by atoms with Crippen molar-refractivity contribution in [2.75, 3.05) is 30.9 Å². The minimum atomic E-state index is -1.46. The molecule has 13 N–H and O–H groups in total. The van der Waals surface area contributed by atoms with Crippen LogP contribution in [-0.2, 0) is 46.8 Å². The first-order valence-electron chi connectivity index (χ1n) is 16.9. The number of amidine groups is 2. The number of benzene rings is 2. The van der Waals surface area contributed by atoms with Gasteiger partial charge >= 0.3 is 5.97 Å². The molecule has 2 aromatic rings. The number of halogens is 4. The highest BCUT2D eigenvalue weighted by atomic mass is 35.5. The monoisotopic (exact) mass is 1020 g/mol. The van der Waals surface area contributed by atoms with Crippen molar-refractivity contribution in [1.29, 1.82) is 0 Å². The molecule has 2 atom stereocenters. The average Bonchev–Trinajstić information content (AvgIpc) is 3.20. The van der Waals surface area contributed by atoms with E-state index in [9.17, 15) is 34.2 Å². The summed E-state index contributed by atoms with van der Waals surface area (Å²) in [4.78, 5) is 62.8. The number of fused-ring (bicyclic) bond motifs is 1. The van der Waals surface area contributed by atoms with Gasteiger partial charge in [0.05, 0.1) is 31.3 Å². The number of β-lactam (4-membered cyclic amide) rings is 1. The Morgan fingerprint density at radius 3 is 2.07 bits per heavy atom. The molecule has 2 aliphatic rings. The van der Waals surface area contributed by atoms with Gasteiger partial charge in [-0.05, 0) is 58.4 Å². The van der Waals surface area contributed by atoms with Crippen LogP contribution in [0.5, 0.6) is 5.75 Å². The Hall–Kier alpha value is -3.55. The largest absolute Gasteiger partial charge is 0.547 e. The number of hydrogen-bond donors (Lipinski definition) is 7. The molecule has 1 fully saturated rings. The third-order valence-electron chi connectivity index (χ3n) is 7.25. The molecule has 0 spiro atoms. The van der Waals surface area contributed by atoms with Crippen molar-refractivity contribution in [1.82, 2.24) is 10.2 Å². The number of hydrogen-bond acceptors (Lipinski definition) is 15. The molecule has 18 nitrogen and oxygen atoms in total. The number of amides is 2. The highest BCUT2D eigenvalue weighted by Gasteiger charge is 2.54. The summed E-state index contributed by atoms with van der Waals surface area (Å²) in [6, 6.07) is 12.3. The Balaban J connectivity index is 0.000000933. The minimum absolute atomic E-state index is 0.0114. The van der Waals surface area contributed by atoms with Crippen LogP contribution in [0.1, 0.15) is 16.7 Å². The van der Waals surface area contributed by atoms with Gasteiger partial charge in [0.1, 0.15) is 39.1 Å². The van der Waals surface area contributed by atoms with Crippen molar-refractivity contribution in [3.8, 4) is 5.75 Å². The first-order valence-corrected chi connectivity index (χ1v) is 23.7.